The molecule has 0 amide bonds. The standard InChI is InChI=1S/C15H23FN2O2S/c1-11-6-4-3-5-7-18(11)21(19,20)15-9-13(10-17)8-14(16)12(15)2/h8-9,11H,3-7,10,17H2,1-2H3. The second-order valence-corrected chi connectivity index (χ2v) is 7.58. The molecule has 1 aliphatic heterocycles. The van der Waals surface area contributed by atoms with E-state index in [0.29, 0.717) is 12.1 Å². The Bertz CT molecular complexity index is 616. The van der Waals surface area contributed by atoms with Crippen LogP contribution in [0.1, 0.15) is 43.7 Å². The molecule has 0 spiro atoms. The number of halogens is 1. The van der Waals surface area contributed by atoms with Gasteiger partial charge in [0.15, 0.2) is 0 Å². The lowest BCUT2D eigenvalue weighted by Gasteiger charge is -2.27. The minimum atomic E-state index is -3.68. The van der Waals surface area contributed by atoms with Crippen molar-refractivity contribution in [3.05, 3.63) is 29.1 Å². The normalized spacial score (nSPS) is 21.2. The molecule has 2 rings (SSSR count). The third-order valence-electron chi connectivity index (χ3n) is 4.17. The number of sulfonamides is 1. The predicted octanol–water partition coefficient (Wildman–Crippen LogP) is 2.55. The first-order chi connectivity index (χ1) is 9.87. The van der Waals surface area contributed by atoms with E-state index in [0.717, 1.165) is 25.7 Å². The van der Waals surface area contributed by atoms with E-state index in [-0.39, 0.29) is 23.0 Å². The summed E-state index contributed by atoms with van der Waals surface area (Å²) in [6.45, 7) is 4.04. The highest BCUT2D eigenvalue weighted by molar-refractivity contribution is 7.89. The van der Waals surface area contributed by atoms with Crippen LogP contribution in [0.3, 0.4) is 0 Å². The fourth-order valence-electron chi connectivity index (χ4n) is 2.82. The molecular formula is C15H23FN2O2S. The average Bonchev–Trinajstić information content (AvgIpc) is 2.66. The van der Waals surface area contributed by atoms with Gasteiger partial charge in [0, 0.05) is 24.7 Å². The van der Waals surface area contributed by atoms with Crippen LogP contribution in [0.25, 0.3) is 0 Å². The molecular weight excluding hydrogens is 291 g/mol. The van der Waals surface area contributed by atoms with E-state index >= 15 is 0 Å². The van der Waals surface area contributed by atoms with E-state index in [1.165, 1.54) is 23.4 Å². The SMILES string of the molecule is Cc1c(F)cc(CN)cc1S(=O)(=O)N1CCCCCC1C. The summed E-state index contributed by atoms with van der Waals surface area (Å²) in [4.78, 5) is 0.0525. The van der Waals surface area contributed by atoms with E-state index in [1.807, 2.05) is 6.92 Å². The molecule has 0 radical (unpaired) electrons. The van der Waals surface area contributed by atoms with Gasteiger partial charge < -0.3 is 5.73 Å². The summed E-state index contributed by atoms with van der Waals surface area (Å²) in [7, 11) is -3.68. The van der Waals surface area contributed by atoms with E-state index in [2.05, 4.69) is 0 Å². The van der Waals surface area contributed by atoms with Crippen molar-refractivity contribution in [2.45, 2.75) is 57.0 Å². The first-order valence-electron chi connectivity index (χ1n) is 7.39. The van der Waals surface area contributed by atoms with Crippen molar-refractivity contribution in [3.8, 4) is 0 Å². The van der Waals surface area contributed by atoms with E-state index in [4.69, 9.17) is 5.73 Å². The maximum atomic E-state index is 14.0. The van der Waals surface area contributed by atoms with Gasteiger partial charge in [0.2, 0.25) is 10.0 Å². The summed E-state index contributed by atoms with van der Waals surface area (Å²) < 4.78 is 41.3. The van der Waals surface area contributed by atoms with Gasteiger partial charge >= 0.3 is 0 Å². The third-order valence-corrected chi connectivity index (χ3v) is 6.31. The zero-order chi connectivity index (χ0) is 15.6. The van der Waals surface area contributed by atoms with Gasteiger partial charge in [-0.3, -0.25) is 0 Å². The first-order valence-corrected chi connectivity index (χ1v) is 8.83. The topological polar surface area (TPSA) is 63.4 Å². The second-order valence-electron chi connectivity index (χ2n) is 5.72. The molecule has 6 heteroatoms. The molecule has 118 valence electrons. The number of nitrogens with zero attached hydrogens (tertiary/aromatic N) is 1. The molecule has 4 nitrogen and oxygen atoms in total. The van der Waals surface area contributed by atoms with Gasteiger partial charge in [-0.25, -0.2) is 12.8 Å². The zero-order valence-corrected chi connectivity index (χ0v) is 13.4. The average molecular weight is 314 g/mol. The Kier molecular flexibility index (Phi) is 5.01. The van der Waals surface area contributed by atoms with Crippen molar-refractivity contribution < 1.29 is 12.8 Å². The minimum Gasteiger partial charge on any atom is -0.326 e. The van der Waals surface area contributed by atoms with Gasteiger partial charge in [-0.15, -0.1) is 0 Å². The highest BCUT2D eigenvalue weighted by atomic mass is 32.2. The zero-order valence-electron chi connectivity index (χ0n) is 12.6. The molecule has 0 bridgehead atoms. The maximum absolute atomic E-state index is 14.0. The maximum Gasteiger partial charge on any atom is 0.243 e. The number of hydrogen-bond donors (Lipinski definition) is 1. The van der Waals surface area contributed by atoms with Gasteiger partial charge in [-0.2, -0.15) is 4.31 Å². The van der Waals surface area contributed by atoms with Crippen molar-refractivity contribution in [2.75, 3.05) is 6.54 Å². The molecule has 1 aliphatic rings. The Morgan fingerprint density at radius 3 is 2.71 bits per heavy atom. The van der Waals surface area contributed by atoms with Crippen LogP contribution in [0.15, 0.2) is 17.0 Å². The Morgan fingerprint density at radius 2 is 2.05 bits per heavy atom. The van der Waals surface area contributed by atoms with Crippen LogP contribution in [-0.4, -0.2) is 25.3 Å². The summed E-state index contributed by atoms with van der Waals surface area (Å²) >= 11 is 0. The third kappa shape index (κ3) is 3.27. The number of nitrogens with two attached hydrogens (primary N) is 1. The first kappa shape index (κ1) is 16.4. The van der Waals surface area contributed by atoms with Gasteiger partial charge in [-0.1, -0.05) is 12.8 Å². The van der Waals surface area contributed by atoms with E-state index in [1.54, 1.807) is 0 Å². The van der Waals surface area contributed by atoms with Crippen LogP contribution in [0, 0.1) is 12.7 Å². The Balaban J connectivity index is 2.50. The highest BCUT2D eigenvalue weighted by Gasteiger charge is 2.32. The number of rotatable bonds is 3. The molecule has 1 unspecified atom stereocenters. The quantitative estimate of drug-likeness (QED) is 0.932. The summed E-state index contributed by atoms with van der Waals surface area (Å²) in [5.41, 5.74) is 6.21. The molecule has 0 saturated carbocycles. The molecule has 1 aromatic rings. The smallest absolute Gasteiger partial charge is 0.243 e. The van der Waals surface area contributed by atoms with Gasteiger partial charge in [0.1, 0.15) is 5.82 Å². The number of hydrogen-bond acceptors (Lipinski definition) is 3. The number of benzene rings is 1. The van der Waals surface area contributed by atoms with Crippen LogP contribution in [-0.2, 0) is 16.6 Å². The van der Waals surface area contributed by atoms with Crippen LogP contribution in [0.2, 0.25) is 0 Å². The van der Waals surface area contributed by atoms with Crippen LogP contribution in [0.4, 0.5) is 4.39 Å². The summed E-state index contributed by atoms with van der Waals surface area (Å²) in [5, 5.41) is 0. The molecule has 1 atom stereocenters. The van der Waals surface area contributed by atoms with E-state index in [9.17, 15) is 12.8 Å². The molecule has 1 fully saturated rings. The van der Waals surface area contributed by atoms with Gasteiger partial charge in [-0.05, 0) is 44.4 Å². The summed E-state index contributed by atoms with van der Waals surface area (Å²) in [5.74, 6) is -0.515. The molecule has 1 aromatic carbocycles. The van der Waals surface area contributed by atoms with Gasteiger partial charge in [0.25, 0.3) is 0 Å². The monoisotopic (exact) mass is 314 g/mol. The fraction of sp³-hybridized carbons (Fsp3) is 0.600. The fourth-order valence-corrected chi connectivity index (χ4v) is 4.81. The Labute approximate surface area is 126 Å². The van der Waals surface area contributed by atoms with Crippen molar-refractivity contribution >= 4 is 10.0 Å². The summed E-state index contributed by atoms with van der Waals surface area (Å²) in [6, 6.07) is 2.76. The van der Waals surface area contributed by atoms with Crippen LogP contribution in [0.5, 0.6) is 0 Å². The van der Waals surface area contributed by atoms with Crippen molar-refractivity contribution in [1.82, 2.24) is 4.31 Å². The molecule has 21 heavy (non-hydrogen) atoms. The largest absolute Gasteiger partial charge is 0.326 e. The molecule has 0 aliphatic carbocycles. The predicted molar refractivity (Wildman–Crippen MR) is 80.9 cm³/mol. The van der Waals surface area contributed by atoms with E-state index < -0.39 is 15.8 Å². The lowest BCUT2D eigenvalue weighted by atomic mass is 10.1. The van der Waals surface area contributed by atoms with Crippen LogP contribution < -0.4 is 5.73 Å². The Hall–Kier alpha value is -0.980. The molecule has 1 saturated heterocycles. The minimum absolute atomic E-state index is 0.0525. The molecule has 1 heterocycles. The van der Waals surface area contributed by atoms with Crippen molar-refractivity contribution in [2.24, 2.45) is 5.73 Å². The lowest BCUT2D eigenvalue weighted by molar-refractivity contribution is 0.341. The van der Waals surface area contributed by atoms with Crippen molar-refractivity contribution in [1.29, 1.82) is 0 Å². The Morgan fingerprint density at radius 1 is 1.33 bits per heavy atom. The second kappa shape index (κ2) is 6.42. The lowest BCUT2D eigenvalue weighted by Crippen LogP contribution is -2.38. The highest BCUT2D eigenvalue weighted by Crippen LogP contribution is 2.28. The van der Waals surface area contributed by atoms with Gasteiger partial charge in [0.05, 0.1) is 4.90 Å². The molecule has 2 N–H and O–H groups in total. The van der Waals surface area contributed by atoms with Crippen LogP contribution >= 0.6 is 0 Å². The summed E-state index contributed by atoms with van der Waals surface area (Å²) in [6.07, 6.45) is 3.76. The molecule has 0 aromatic heterocycles. The van der Waals surface area contributed by atoms with Crippen molar-refractivity contribution in [3.63, 3.8) is 0 Å².